The molecule has 2 heterocycles. The van der Waals surface area contributed by atoms with Crippen molar-refractivity contribution in [1.29, 1.82) is 0 Å². The summed E-state index contributed by atoms with van der Waals surface area (Å²) in [6.07, 6.45) is 3.86. The number of primary amides is 1. The number of nitrogens with zero attached hydrogens (tertiary/aromatic N) is 2. The average molecular weight is 410 g/mol. The van der Waals surface area contributed by atoms with Crippen LogP contribution in [0.4, 0.5) is 21.8 Å². The minimum Gasteiger partial charge on any atom is -0.376 e. The minimum absolute atomic E-state index is 0.166. The van der Waals surface area contributed by atoms with Crippen LogP contribution in [0.3, 0.4) is 0 Å². The van der Waals surface area contributed by atoms with Crippen molar-refractivity contribution in [3.05, 3.63) is 40.2 Å². The maximum Gasteiger partial charge on any atom is 0.251 e. The Balaban J connectivity index is 1.71. The van der Waals surface area contributed by atoms with Crippen molar-refractivity contribution in [3.8, 4) is 0 Å². The molecule has 0 spiro atoms. The Hall–Kier alpha value is -2.26. The van der Waals surface area contributed by atoms with Gasteiger partial charge >= 0.3 is 0 Å². The van der Waals surface area contributed by atoms with Crippen LogP contribution in [0, 0.1) is 5.82 Å². The van der Waals surface area contributed by atoms with Gasteiger partial charge in [0.2, 0.25) is 5.95 Å². The topological polar surface area (TPSA) is 102 Å². The molecule has 1 unspecified atom stereocenters. The smallest absolute Gasteiger partial charge is 0.251 e. The van der Waals surface area contributed by atoms with Gasteiger partial charge in [0.25, 0.3) is 5.91 Å². The average Bonchev–Trinajstić information content (AvgIpc) is 3.08. The lowest BCUT2D eigenvalue weighted by Gasteiger charge is -2.13. The first kappa shape index (κ1) is 17.6. The molecule has 1 saturated heterocycles. The van der Waals surface area contributed by atoms with Crippen molar-refractivity contribution in [2.24, 2.45) is 5.73 Å². The normalized spacial score (nSPS) is 16.6. The molecule has 0 saturated carbocycles. The molecular formula is C16H17BrFN5O2. The van der Waals surface area contributed by atoms with Crippen LogP contribution in [0.5, 0.6) is 0 Å². The standard InChI is InChI=1S/C16H17BrFN5O2/c17-12-8-21-16(23-15(12)20-7-10-2-1-5-25-10)22-9-3-4-11(14(19)24)13(18)6-9/h3-4,6,8,10H,1-2,5,7H2,(H2,19,24)(H2,20,21,22,23). The molecule has 3 rings (SSSR count). The van der Waals surface area contributed by atoms with Crippen molar-refractivity contribution in [3.63, 3.8) is 0 Å². The van der Waals surface area contributed by atoms with E-state index >= 15 is 0 Å². The lowest BCUT2D eigenvalue weighted by atomic mass is 10.2. The second kappa shape index (κ2) is 7.75. The molecule has 0 bridgehead atoms. The van der Waals surface area contributed by atoms with E-state index in [0.717, 1.165) is 19.4 Å². The zero-order chi connectivity index (χ0) is 17.8. The van der Waals surface area contributed by atoms with Crippen molar-refractivity contribution in [2.45, 2.75) is 18.9 Å². The van der Waals surface area contributed by atoms with E-state index in [1.54, 1.807) is 6.20 Å². The number of halogens is 2. The highest BCUT2D eigenvalue weighted by atomic mass is 79.9. The van der Waals surface area contributed by atoms with E-state index < -0.39 is 11.7 Å². The number of nitrogens with two attached hydrogens (primary N) is 1. The van der Waals surface area contributed by atoms with Crippen LogP contribution in [0.25, 0.3) is 0 Å². The Bertz CT molecular complexity index is 783. The van der Waals surface area contributed by atoms with E-state index in [-0.39, 0.29) is 11.7 Å². The van der Waals surface area contributed by atoms with Crippen molar-refractivity contribution in [1.82, 2.24) is 9.97 Å². The van der Waals surface area contributed by atoms with Gasteiger partial charge in [-0.05, 0) is 47.0 Å². The van der Waals surface area contributed by atoms with Gasteiger partial charge in [-0.15, -0.1) is 0 Å². The van der Waals surface area contributed by atoms with Crippen LogP contribution >= 0.6 is 15.9 Å². The molecule has 1 aromatic heterocycles. The van der Waals surface area contributed by atoms with Gasteiger partial charge in [0, 0.05) is 25.0 Å². The van der Waals surface area contributed by atoms with Crippen LogP contribution in [0.1, 0.15) is 23.2 Å². The third-order valence-electron chi connectivity index (χ3n) is 3.76. The molecule has 4 N–H and O–H groups in total. The number of benzene rings is 1. The fourth-order valence-corrected chi connectivity index (χ4v) is 2.82. The Morgan fingerprint density at radius 2 is 2.32 bits per heavy atom. The maximum atomic E-state index is 13.8. The van der Waals surface area contributed by atoms with E-state index in [9.17, 15) is 9.18 Å². The molecule has 1 atom stereocenters. The fourth-order valence-electron chi connectivity index (χ4n) is 2.49. The van der Waals surface area contributed by atoms with Gasteiger partial charge in [-0.3, -0.25) is 4.79 Å². The van der Waals surface area contributed by atoms with Crippen molar-refractivity contribution >= 4 is 39.3 Å². The molecular weight excluding hydrogens is 393 g/mol. The minimum atomic E-state index is -0.815. The number of carbonyl (C=O) groups is 1. The molecule has 2 aromatic rings. The van der Waals surface area contributed by atoms with E-state index in [0.29, 0.717) is 28.5 Å². The third kappa shape index (κ3) is 4.43. The first-order chi connectivity index (χ1) is 12.0. The predicted octanol–water partition coefficient (Wildman–Crippen LogP) is 2.81. The van der Waals surface area contributed by atoms with Crippen LogP contribution in [-0.4, -0.2) is 35.1 Å². The molecule has 132 valence electrons. The number of hydrogen-bond acceptors (Lipinski definition) is 6. The van der Waals surface area contributed by atoms with Crippen LogP contribution in [0.15, 0.2) is 28.9 Å². The fraction of sp³-hybridized carbons (Fsp3) is 0.312. The molecule has 1 aliphatic heterocycles. The van der Waals surface area contributed by atoms with Gasteiger partial charge in [0.05, 0.1) is 16.1 Å². The largest absolute Gasteiger partial charge is 0.376 e. The van der Waals surface area contributed by atoms with Gasteiger partial charge in [-0.2, -0.15) is 4.98 Å². The highest BCUT2D eigenvalue weighted by Gasteiger charge is 2.16. The maximum absolute atomic E-state index is 13.8. The molecule has 7 nitrogen and oxygen atoms in total. The Morgan fingerprint density at radius 1 is 1.48 bits per heavy atom. The zero-order valence-corrected chi connectivity index (χ0v) is 14.8. The van der Waals surface area contributed by atoms with Gasteiger partial charge in [0.15, 0.2) is 0 Å². The van der Waals surface area contributed by atoms with Gasteiger partial charge in [-0.25, -0.2) is 9.37 Å². The number of nitrogens with one attached hydrogen (secondary N) is 2. The summed E-state index contributed by atoms with van der Waals surface area (Å²) >= 11 is 3.40. The summed E-state index contributed by atoms with van der Waals surface area (Å²) in [6, 6.07) is 4.02. The molecule has 1 amide bonds. The van der Waals surface area contributed by atoms with Gasteiger partial charge in [-0.1, -0.05) is 0 Å². The first-order valence-corrected chi connectivity index (χ1v) is 8.56. The summed E-state index contributed by atoms with van der Waals surface area (Å²) in [5, 5.41) is 6.12. The Labute approximate surface area is 152 Å². The SMILES string of the molecule is NC(=O)c1ccc(Nc2ncc(Br)c(NCC3CCCO3)n2)cc1F. The molecule has 1 aliphatic rings. The Morgan fingerprint density at radius 3 is 3.00 bits per heavy atom. The quantitative estimate of drug-likeness (QED) is 0.677. The van der Waals surface area contributed by atoms with Crippen LogP contribution < -0.4 is 16.4 Å². The highest BCUT2D eigenvalue weighted by Crippen LogP contribution is 2.23. The van der Waals surface area contributed by atoms with Gasteiger partial charge < -0.3 is 21.1 Å². The van der Waals surface area contributed by atoms with E-state index in [4.69, 9.17) is 10.5 Å². The van der Waals surface area contributed by atoms with Gasteiger partial charge in [0.1, 0.15) is 11.6 Å². The van der Waals surface area contributed by atoms with E-state index in [2.05, 4.69) is 36.5 Å². The number of ether oxygens (including phenoxy) is 1. The number of carbonyl (C=O) groups excluding carboxylic acids is 1. The molecule has 1 aromatic carbocycles. The third-order valence-corrected chi connectivity index (χ3v) is 4.34. The number of aromatic nitrogens is 2. The second-order valence-electron chi connectivity index (χ2n) is 5.59. The lowest BCUT2D eigenvalue weighted by Crippen LogP contribution is -2.19. The molecule has 0 aliphatic carbocycles. The number of rotatable bonds is 6. The number of hydrogen-bond donors (Lipinski definition) is 3. The van der Waals surface area contributed by atoms with Crippen molar-refractivity contribution in [2.75, 3.05) is 23.8 Å². The lowest BCUT2D eigenvalue weighted by molar-refractivity contribution is 0.0996. The predicted molar refractivity (Wildman–Crippen MR) is 95.4 cm³/mol. The van der Waals surface area contributed by atoms with Crippen LogP contribution in [-0.2, 0) is 4.74 Å². The second-order valence-corrected chi connectivity index (χ2v) is 6.44. The highest BCUT2D eigenvalue weighted by molar-refractivity contribution is 9.10. The first-order valence-electron chi connectivity index (χ1n) is 7.77. The van der Waals surface area contributed by atoms with E-state index in [1.165, 1.54) is 18.2 Å². The monoisotopic (exact) mass is 409 g/mol. The summed E-state index contributed by atoms with van der Waals surface area (Å²) in [5.74, 6) is -0.609. The van der Waals surface area contributed by atoms with Crippen molar-refractivity contribution < 1.29 is 13.9 Å². The summed E-state index contributed by atoms with van der Waals surface area (Å²) in [5.41, 5.74) is 5.34. The number of amides is 1. The van der Waals surface area contributed by atoms with Crippen LogP contribution in [0.2, 0.25) is 0 Å². The zero-order valence-electron chi connectivity index (χ0n) is 13.3. The molecule has 0 radical (unpaired) electrons. The Kier molecular flexibility index (Phi) is 5.44. The summed E-state index contributed by atoms with van der Waals surface area (Å²) < 4.78 is 20.1. The number of anilines is 3. The molecule has 1 fully saturated rings. The summed E-state index contributed by atoms with van der Waals surface area (Å²) in [6.45, 7) is 1.44. The summed E-state index contributed by atoms with van der Waals surface area (Å²) in [4.78, 5) is 19.6. The molecule has 9 heteroatoms. The molecule has 25 heavy (non-hydrogen) atoms. The van der Waals surface area contributed by atoms with E-state index in [1.807, 2.05) is 0 Å². The summed E-state index contributed by atoms with van der Waals surface area (Å²) in [7, 11) is 0.